The van der Waals surface area contributed by atoms with Crippen molar-refractivity contribution in [1.29, 1.82) is 5.26 Å². The third kappa shape index (κ3) is 3.34. The molecule has 6 nitrogen and oxygen atoms in total. The van der Waals surface area contributed by atoms with Crippen molar-refractivity contribution in [1.82, 2.24) is 19.6 Å². The molecule has 1 N–H and O–H groups in total. The molecule has 0 unspecified atom stereocenters. The third-order valence-electron chi connectivity index (χ3n) is 3.59. The van der Waals surface area contributed by atoms with Gasteiger partial charge in [-0.25, -0.2) is 9.78 Å². The first kappa shape index (κ1) is 16.3. The normalized spacial score (nSPS) is 11.1. The van der Waals surface area contributed by atoms with Gasteiger partial charge in [-0.15, -0.1) is 0 Å². The van der Waals surface area contributed by atoms with Gasteiger partial charge in [0, 0.05) is 5.75 Å². The van der Waals surface area contributed by atoms with E-state index < -0.39 is 0 Å². The van der Waals surface area contributed by atoms with Crippen LogP contribution in [0, 0.1) is 17.2 Å². The average Bonchev–Trinajstić information content (AvgIpc) is 2.97. The predicted octanol–water partition coefficient (Wildman–Crippen LogP) is 2.78. The number of nitriles is 1. The van der Waals surface area contributed by atoms with Gasteiger partial charge in [-0.1, -0.05) is 49.9 Å². The number of hydrogen-bond donors (Lipinski definition) is 1. The fraction of sp³-hybridized carbons (Fsp3) is 0.294. The molecule has 0 spiro atoms. The second kappa shape index (κ2) is 6.89. The number of aromatic amines is 1. The lowest BCUT2D eigenvalue weighted by Crippen LogP contribution is -2.19. The van der Waals surface area contributed by atoms with Crippen LogP contribution in [0.2, 0.25) is 0 Å². The van der Waals surface area contributed by atoms with Crippen molar-refractivity contribution in [2.24, 2.45) is 5.92 Å². The van der Waals surface area contributed by atoms with Crippen LogP contribution in [-0.4, -0.2) is 19.6 Å². The van der Waals surface area contributed by atoms with Crippen molar-refractivity contribution in [3.8, 4) is 6.07 Å². The Bertz CT molecular complexity index is 967. The van der Waals surface area contributed by atoms with Crippen molar-refractivity contribution >= 4 is 17.4 Å². The van der Waals surface area contributed by atoms with Crippen molar-refractivity contribution in [2.45, 2.75) is 31.2 Å². The molecule has 0 aliphatic carbocycles. The Morgan fingerprint density at radius 3 is 2.79 bits per heavy atom. The first-order valence-electron chi connectivity index (χ1n) is 7.66. The third-order valence-corrected chi connectivity index (χ3v) is 4.51. The molecule has 0 fully saturated rings. The molecule has 0 radical (unpaired) electrons. The minimum atomic E-state index is -0.389. The van der Waals surface area contributed by atoms with E-state index in [0.29, 0.717) is 28.0 Å². The van der Waals surface area contributed by atoms with Gasteiger partial charge in [0.05, 0.1) is 6.20 Å². The molecule has 2 heterocycles. The number of aromatic nitrogens is 4. The van der Waals surface area contributed by atoms with Gasteiger partial charge < -0.3 is 0 Å². The van der Waals surface area contributed by atoms with E-state index in [1.165, 1.54) is 29.1 Å². The lowest BCUT2D eigenvalue weighted by atomic mass is 9.99. The first-order valence-corrected chi connectivity index (χ1v) is 8.64. The van der Waals surface area contributed by atoms with Crippen LogP contribution in [0.1, 0.15) is 30.5 Å². The zero-order valence-electron chi connectivity index (χ0n) is 13.5. The van der Waals surface area contributed by atoms with Crippen LogP contribution in [0.5, 0.6) is 0 Å². The van der Waals surface area contributed by atoms with Gasteiger partial charge in [-0.3, -0.25) is 4.98 Å². The summed E-state index contributed by atoms with van der Waals surface area (Å²) < 4.78 is 1.11. The van der Waals surface area contributed by atoms with Gasteiger partial charge in [-0.2, -0.15) is 14.9 Å². The Kier molecular flexibility index (Phi) is 4.67. The molecule has 0 saturated carbocycles. The summed E-state index contributed by atoms with van der Waals surface area (Å²) in [7, 11) is 0. The average molecular weight is 339 g/mol. The van der Waals surface area contributed by atoms with Crippen LogP contribution in [0.15, 0.2) is 40.4 Å². The van der Waals surface area contributed by atoms with Crippen molar-refractivity contribution in [2.75, 3.05) is 0 Å². The maximum Gasteiger partial charge on any atom is 0.350 e. The number of rotatable bonds is 5. The SMILES string of the molecule is CC(C)Cc1ccccc1CSc1nc2c(C#N)cnn2c(=O)[nH]1. The zero-order chi connectivity index (χ0) is 17.1. The molecule has 0 amide bonds. The molecule has 24 heavy (non-hydrogen) atoms. The van der Waals surface area contributed by atoms with Gasteiger partial charge in [0.25, 0.3) is 0 Å². The first-order chi connectivity index (χ1) is 11.6. The summed E-state index contributed by atoms with van der Waals surface area (Å²) in [6, 6.07) is 10.3. The summed E-state index contributed by atoms with van der Waals surface area (Å²) in [5, 5.41) is 13.4. The number of fused-ring (bicyclic) bond motifs is 1. The Morgan fingerprint density at radius 2 is 2.08 bits per heavy atom. The Labute approximate surface area is 143 Å². The molecule has 0 atom stereocenters. The summed E-state index contributed by atoms with van der Waals surface area (Å²) >= 11 is 1.45. The van der Waals surface area contributed by atoms with E-state index in [1.807, 2.05) is 18.2 Å². The number of thioether (sulfide) groups is 1. The van der Waals surface area contributed by atoms with Crippen molar-refractivity contribution in [3.63, 3.8) is 0 Å². The predicted molar refractivity (Wildman–Crippen MR) is 92.9 cm³/mol. The molecule has 0 aliphatic rings. The molecule has 7 heteroatoms. The van der Waals surface area contributed by atoms with Gasteiger partial charge in [0.1, 0.15) is 11.6 Å². The number of benzene rings is 1. The second-order valence-electron chi connectivity index (χ2n) is 5.91. The van der Waals surface area contributed by atoms with E-state index in [1.54, 1.807) is 0 Å². The Balaban J connectivity index is 1.87. The molecule has 1 aromatic carbocycles. The van der Waals surface area contributed by atoms with Gasteiger partial charge >= 0.3 is 5.69 Å². The van der Waals surface area contributed by atoms with E-state index in [4.69, 9.17) is 5.26 Å². The van der Waals surface area contributed by atoms with E-state index in [-0.39, 0.29) is 5.69 Å². The minimum absolute atomic E-state index is 0.291. The van der Waals surface area contributed by atoms with E-state index >= 15 is 0 Å². The summed E-state index contributed by atoms with van der Waals surface area (Å²) in [5.41, 5.74) is 2.74. The number of hydrogen-bond acceptors (Lipinski definition) is 5. The highest BCUT2D eigenvalue weighted by molar-refractivity contribution is 7.98. The van der Waals surface area contributed by atoms with Crippen LogP contribution in [0.4, 0.5) is 0 Å². The van der Waals surface area contributed by atoms with E-state index in [0.717, 1.165) is 10.9 Å². The highest BCUT2D eigenvalue weighted by Gasteiger charge is 2.11. The summed E-state index contributed by atoms with van der Waals surface area (Å²) in [6.07, 6.45) is 2.37. The van der Waals surface area contributed by atoms with Crippen LogP contribution >= 0.6 is 11.8 Å². The van der Waals surface area contributed by atoms with Crippen LogP contribution < -0.4 is 5.69 Å². The molecule has 122 valence electrons. The lowest BCUT2D eigenvalue weighted by molar-refractivity contribution is 0.644. The maximum atomic E-state index is 12.0. The fourth-order valence-corrected chi connectivity index (χ4v) is 3.38. The van der Waals surface area contributed by atoms with E-state index in [2.05, 4.69) is 41.0 Å². The molecular weight excluding hydrogens is 322 g/mol. The van der Waals surface area contributed by atoms with Crippen LogP contribution in [0.25, 0.3) is 5.65 Å². The largest absolute Gasteiger partial charge is 0.350 e. The number of H-pyrrole nitrogens is 1. The summed E-state index contributed by atoms with van der Waals surface area (Å²) in [5.74, 6) is 1.29. The smallest absolute Gasteiger partial charge is 0.285 e. The standard InChI is InChI=1S/C17H17N5OS/c1-11(2)7-12-5-3-4-6-13(12)10-24-16-20-15-14(8-18)9-19-22(15)17(23)21-16/h3-6,9,11H,7,10H2,1-2H3,(H,20,21,23). The Hall–Kier alpha value is -2.59. The van der Waals surface area contributed by atoms with E-state index in [9.17, 15) is 4.79 Å². The lowest BCUT2D eigenvalue weighted by Gasteiger charge is -2.11. The number of nitrogens with one attached hydrogen (secondary N) is 1. The van der Waals surface area contributed by atoms with Crippen LogP contribution in [-0.2, 0) is 12.2 Å². The molecule has 3 rings (SSSR count). The Morgan fingerprint density at radius 1 is 1.33 bits per heavy atom. The van der Waals surface area contributed by atoms with Crippen LogP contribution in [0.3, 0.4) is 0 Å². The van der Waals surface area contributed by atoms with Gasteiger partial charge in [0.15, 0.2) is 10.8 Å². The number of nitrogens with zero attached hydrogens (tertiary/aromatic N) is 4. The summed E-state index contributed by atoms with van der Waals surface area (Å²) in [4.78, 5) is 19.1. The zero-order valence-corrected chi connectivity index (χ0v) is 14.3. The fourth-order valence-electron chi connectivity index (χ4n) is 2.50. The monoisotopic (exact) mass is 339 g/mol. The molecule has 0 bridgehead atoms. The molecular formula is C17H17N5OS. The quantitative estimate of drug-likeness (QED) is 0.722. The second-order valence-corrected chi connectivity index (χ2v) is 6.87. The van der Waals surface area contributed by atoms with Gasteiger partial charge in [-0.05, 0) is 23.5 Å². The maximum absolute atomic E-state index is 12.0. The molecule has 2 aromatic heterocycles. The highest BCUT2D eigenvalue weighted by Crippen LogP contribution is 2.23. The van der Waals surface area contributed by atoms with Crippen molar-refractivity contribution < 1.29 is 0 Å². The minimum Gasteiger partial charge on any atom is -0.285 e. The summed E-state index contributed by atoms with van der Waals surface area (Å²) in [6.45, 7) is 4.39. The highest BCUT2D eigenvalue weighted by atomic mass is 32.2. The topological polar surface area (TPSA) is 86.8 Å². The molecule has 0 aliphatic heterocycles. The van der Waals surface area contributed by atoms with Gasteiger partial charge in [0.2, 0.25) is 0 Å². The molecule has 3 aromatic rings. The molecule has 0 saturated heterocycles. The van der Waals surface area contributed by atoms with Crippen molar-refractivity contribution in [3.05, 3.63) is 57.6 Å².